The van der Waals surface area contributed by atoms with Gasteiger partial charge in [0, 0.05) is 10.6 Å². The molecule has 2 aromatic rings. The number of rotatable bonds is 7. The van der Waals surface area contributed by atoms with Crippen LogP contribution in [0.4, 0.5) is 0 Å². The Morgan fingerprint density at radius 2 is 1.92 bits per heavy atom. The summed E-state index contributed by atoms with van der Waals surface area (Å²) in [6, 6.07) is 11.2. The summed E-state index contributed by atoms with van der Waals surface area (Å²) in [4.78, 5) is 22.4. The third-order valence-corrected chi connectivity index (χ3v) is 3.28. The van der Waals surface area contributed by atoms with E-state index >= 15 is 0 Å². The molecule has 0 bridgehead atoms. The zero-order chi connectivity index (χ0) is 18.2. The Labute approximate surface area is 148 Å². The fourth-order valence-electron chi connectivity index (χ4n) is 1.85. The lowest BCUT2D eigenvalue weighted by molar-refractivity contribution is -0.139. The van der Waals surface area contributed by atoms with Crippen LogP contribution < -0.4 is 14.9 Å². The van der Waals surface area contributed by atoms with Gasteiger partial charge >= 0.3 is 5.97 Å². The molecule has 2 N–H and O–H groups in total. The summed E-state index contributed by atoms with van der Waals surface area (Å²) in [6.07, 6.45) is 1.43. The summed E-state index contributed by atoms with van der Waals surface area (Å²) in [6.45, 7) is -0.471. The monoisotopic (exact) mass is 362 g/mol. The van der Waals surface area contributed by atoms with Crippen LogP contribution in [0.5, 0.6) is 11.5 Å². The van der Waals surface area contributed by atoms with Gasteiger partial charge in [-0.25, -0.2) is 10.2 Å². The minimum absolute atomic E-state index is 0.298. The molecule has 0 aliphatic rings. The molecule has 0 unspecified atom stereocenters. The molecule has 130 valence electrons. The molecule has 8 heteroatoms. The topological polar surface area (TPSA) is 97.2 Å². The molecular formula is C17H15ClN2O5. The van der Waals surface area contributed by atoms with Crippen LogP contribution in [-0.4, -0.2) is 36.9 Å². The highest BCUT2D eigenvalue weighted by molar-refractivity contribution is 6.30. The average Bonchev–Trinajstić information content (AvgIpc) is 2.60. The molecule has 0 heterocycles. The number of carbonyl (C=O) groups excluding carboxylic acids is 1. The van der Waals surface area contributed by atoms with Crippen LogP contribution in [0.25, 0.3) is 0 Å². The molecule has 2 aromatic carbocycles. The second-order valence-electron chi connectivity index (χ2n) is 4.80. The van der Waals surface area contributed by atoms with Gasteiger partial charge in [-0.2, -0.15) is 5.10 Å². The maximum Gasteiger partial charge on any atom is 0.341 e. The third kappa shape index (κ3) is 5.50. The van der Waals surface area contributed by atoms with E-state index in [4.69, 9.17) is 26.2 Å². The van der Waals surface area contributed by atoms with Gasteiger partial charge in [0.25, 0.3) is 5.91 Å². The van der Waals surface area contributed by atoms with E-state index in [9.17, 15) is 9.59 Å². The first kappa shape index (κ1) is 18.3. The van der Waals surface area contributed by atoms with Gasteiger partial charge in [0.2, 0.25) is 0 Å². The summed E-state index contributed by atoms with van der Waals surface area (Å²) in [5.41, 5.74) is 3.46. The molecule has 25 heavy (non-hydrogen) atoms. The number of aliphatic carboxylic acids is 1. The minimum Gasteiger partial charge on any atom is -0.493 e. The van der Waals surface area contributed by atoms with Crippen LogP contribution in [0.1, 0.15) is 15.9 Å². The molecule has 2 rings (SSSR count). The Kier molecular flexibility index (Phi) is 6.36. The number of hydrogen-bond donors (Lipinski definition) is 2. The van der Waals surface area contributed by atoms with Crippen molar-refractivity contribution in [1.29, 1.82) is 0 Å². The van der Waals surface area contributed by atoms with Crippen molar-refractivity contribution in [2.45, 2.75) is 0 Å². The summed E-state index contributed by atoms with van der Waals surface area (Å²) < 4.78 is 10.3. The molecule has 0 spiro atoms. The van der Waals surface area contributed by atoms with E-state index in [0.717, 1.165) is 0 Å². The summed E-state index contributed by atoms with van der Waals surface area (Å²) in [5.74, 6) is -0.805. The second-order valence-corrected chi connectivity index (χ2v) is 5.24. The van der Waals surface area contributed by atoms with Gasteiger partial charge in [-0.15, -0.1) is 0 Å². The van der Waals surface area contributed by atoms with Gasteiger partial charge in [0.05, 0.1) is 13.3 Å². The molecule has 0 fully saturated rings. The molecule has 0 saturated carbocycles. The number of hydrazone groups is 1. The number of carbonyl (C=O) groups is 2. The number of benzene rings is 2. The van der Waals surface area contributed by atoms with Gasteiger partial charge in [0.1, 0.15) is 0 Å². The third-order valence-electron chi connectivity index (χ3n) is 3.02. The highest BCUT2D eigenvalue weighted by atomic mass is 35.5. The first-order chi connectivity index (χ1) is 12.0. The number of nitrogens with one attached hydrogen (secondary N) is 1. The minimum atomic E-state index is -1.09. The smallest absolute Gasteiger partial charge is 0.341 e. The number of methoxy groups -OCH3 is 1. The van der Waals surface area contributed by atoms with Gasteiger partial charge in [-0.05, 0) is 48.0 Å². The molecule has 0 radical (unpaired) electrons. The van der Waals surface area contributed by atoms with Crippen molar-refractivity contribution >= 4 is 29.7 Å². The van der Waals surface area contributed by atoms with Crippen LogP contribution >= 0.6 is 11.6 Å². The highest BCUT2D eigenvalue weighted by Gasteiger charge is 2.07. The predicted octanol–water partition coefficient (Wildman–Crippen LogP) is 2.58. The highest BCUT2D eigenvalue weighted by Crippen LogP contribution is 2.27. The Hall–Kier alpha value is -3.06. The molecule has 0 saturated heterocycles. The Balaban J connectivity index is 2.01. The van der Waals surface area contributed by atoms with Crippen molar-refractivity contribution in [1.82, 2.24) is 5.43 Å². The van der Waals surface area contributed by atoms with E-state index in [1.807, 2.05) is 0 Å². The van der Waals surface area contributed by atoms with Crippen molar-refractivity contribution in [2.75, 3.05) is 13.7 Å². The van der Waals surface area contributed by atoms with Crippen molar-refractivity contribution in [3.05, 3.63) is 58.6 Å². The predicted molar refractivity (Wildman–Crippen MR) is 92.6 cm³/mol. The van der Waals surface area contributed by atoms with E-state index < -0.39 is 12.6 Å². The second kappa shape index (κ2) is 8.70. The van der Waals surface area contributed by atoms with Crippen molar-refractivity contribution < 1.29 is 24.2 Å². The zero-order valence-corrected chi connectivity index (χ0v) is 14.0. The number of carboxylic acid groups (broad SMARTS) is 1. The fraction of sp³-hybridized carbons (Fsp3) is 0.118. The number of ether oxygens (including phenoxy) is 2. The molecule has 0 aromatic heterocycles. The quantitative estimate of drug-likeness (QED) is 0.582. The van der Waals surface area contributed by atoms with E-state index in [1.165, 1.54) is 13.3 Å². The molecular weight excluding hydrogens is 348 g/mol. The van der Waals surface area contributed by atoms with Gasteiger partial charge in [-0.1, -0.05) is 11.6 Å². The van der Waals surface area contributed by atoms with E-state index in [2.05, 4.69) is 10.5 Å². The van der Waals surface area contributed by atoms with E-state index in [1.54, 1.807) is 42.5 Å². The SMILES string of the molecule is COc1cc(/C=N\NC(=O)c2ccc(Cl)cc2)ccc1OCC(=O)O. The number of halogens is 1. The summed E-state index contributed by atoms with van der Waals surface area (Å²) >= 11 is 5.77. The summed E-state index contributed by atoms with van der Waals surface area (Å²) in [7, 11) is 1.44. The van der Waals surface area contributed by atoms with Crippen LogP contribution in [-0.2, 0) is 4.79 Å². The average molecular weight is 363 g/mol. The standard InChI is InChI=1S/C17H15ClN2O5/c1-24-15-8-11(2-7-14(15)25-10-16(21)22)9-19-20-17(23)12-3-5-13(18)6-4-12/h2-9H,10H2,1H3,(H,20,23)(H,21,22)/b19-9-. The molecule has 0 aliphatic heterocycles. The van der Waals surface area contributed by atoms with Crippen molar-refractivity contribution in [2.24, 2.45) is 5.10 Å². The van der Waals surface area contributed by atoms with Crippen molar-refractivity contribution in [3.63, 3.8) is 0 Å². The normalized spacial score (nSPS) is 10.5. The Bertz CT molecular complexity index is 790. The Morgan fingerprint density at radius 1 is 1.20 bits per heavy atom. The first-order valence-electron chi connectivity index (χ1n) is 7.11. The lowest BCUT2D eigenvalue weighted by Crippen LogP contribution is -2.17. The van der Waals surface area contributed by atoms with Gasteiger partial charge in [-0.3, -0.25) is 4.79 Å². The number of amides is 1. The molecule has 7 nitrogen and oxygen atoms in total. The first-order valence-corrected chi connectivity index (χ1v) is 7.49. The van der Waals surface area contributed by atoms with Crippen LogP contribution in [0.15, 0.2) is 47.6 Å². The molecule has 0 atom stereocenters. The van der Waals surface area contributed by atoms with Crippen LogP contribution in [0.3, 0.4) is 0 Å². The fourth-order valence-corrected chi connectivity index (χ4v) is 1.98. The largest absolute Gasteiger partial charge is 0.493 e. The number of nitrogens with zero attached hydrogens (tertiary/aromatic N) is 1. The van der Waals surface area contributed by atoms with Crippen molar-refractivity contribution in [3.8, 4) is 11.5 Å². The lowest BCUT2D eigenvalue weighted by Gasteiger charge is -2.09. The van der Waals surface area contributed by atoms with Crippen LogP contribution in [0, 0.1) is 0 Å². The van der Waals surface area contributed by atoms with E-state index in [0.29, 0.717) is 27.6 Å². The summed E-state index contributed by atoms with van der Waals surface area (Å²) in [5, 5.41) is 13.0. The number of carboxylic acids is 1. The van der Waals surface area contributed by atoms with Gasteiger partial charge in [0.15, 0.2) is 18.1 Å². The maximum absolute atomic E-state index is 11.9. The zero-order valence-electron chi connectivity index (χ0n) is 13.2. The van der Waals surface area contributed by atoms with E-state index in [-0.39, 0.29) is 5.91 Å². The number of hydrogen-bond acceptors (Lipinski definition) is 5. The Morgan fingerprint density at radius 3 is 2.56 bits per heavy atom. The lowest BCUT2D eigenvalue weighted by atomic mass is 10.2. The maximum atomic E-state index is 11.9. The van der Waals surface area contributed by atoms with Crippen LogP contribution in [0.2, 0.25) is 5.02 Å². The molecule has 0 aliphatic carbocycles. The molecule has 1 amide bonds. The van der Waals surface area contributed by atoms with Gasteiger partial charge < -0.3 is 14.6 Å².